The predicted octanol–water partition coefficient (Wildman–Crippen LogP) is 3.46. The zero-order chi connectivity index (χ0) is 19.4. The lowest BCUT2D eigenvalue weighted by Gasteiger charge is -2.23. The van der Waals surface area contributed by atoms with E-state index in [9.17, 15) is 4.79 Å². The summed E-state index contributed by atoms with van der Waals surface area (Å²) in [6.45, 7) is 4.83. The maximum Gasteiger partial charge on any atom is 0.195 e. The Balaban J connectivity index is 1.77. The van der Waals surface area contributed by atoms with Crippen molar-refractivity contribution in [1.82, 2.24) is 5.32 Å². The fraction of sp³-hybridized carbons (Fsp3) is 0.318. The van der Waals surface area contributed by atoms with Crippen molar-refractivity contribution >= 4 is 11.5 Å². The van der Waals surface area contributed by atoms with E-state index in [1.165, 1.54) is 5.56 Å². The molecule has 0 amide bonds. The summed E-state index contributed by atoms with van der Waals surface area (Å²) in [6, 6.07) is 9.70. The average Bonchev–Trinajstić information content (AvgIpc) is 2.68. The molecule has 0 radical (unpaired) electrons. The summed E-state index contributed by atoms with van der Waals surface area (Å²) in [5.74, 6) is 1.94. The number of methoxy groups -OCH3 is 2. The molecule has 5 nitrogen and oxygen atoms in total. The van der Waals surface area contributed by atoms with Gasteiger partial charge >= 0.3 is 0 Å². The second-order valence-electron chi connectivity index (χ2n) is 6.60. The van der Waals surface area contributed by atoms with Crippen molar-refractivity contribution in [2.45, 2.75) is 20.3 Å². The van der Waals surface area contributed by atoms with Crippen LogP contribution in [0, 0.1) is 13.8 Å². The van der Waals surface area contributed by atoms with Gasteiger partial charge in [-0.05, 0) is 61.2 Å². The van der Waals surface area contributed by atoms with Crippen molar-refractivity contribution < 1.29 is 19.0 Å². The number of fused-ring (bicyclic) bond motifs is 1. The number of aryl methyl sites for hydroxylation is 2. The molecule has 142 valence electrons. The molecule has 1 aliphatic heterocycles. The topological polar surface area (TPSA) is 56.8 Å². The third-order valence-electron chi connectivity index (χ3n) is 4.77. The Morgan fingerprint density at radius 1 is 1.07 bits per heavy atom. The summed E-state index contributed by atoms with van der Waals surface area (Å²) in [6.07, 6.45) is 2.46. The lowest BCUT2D eigenvalue weighted by Crippen LogP contribution is -2.24. The van der Waals surface area contributed by atoms with E-state index < -0.39 is 0 Å². The number of ether oxygens (including phenoxy) is 3. The molecule has 2 aromatic carbocycles. The first-order valence-electron chi connectivity index (χ1n) is 8.95. The molecule has 2 aromatic rings. The van der Waals surface area contributed by atoms with Gasteiger partial charge in [0.1, 0.15) is 5.75 Å². The van der Waals surface area contributed by atoms with E-state index >= 15 is 0 Å². The maximum absolute atomic E-state index is 12.4. The molecule has 1 heterocycles. The van der Waals surface area contributed by atoms with Gasteiger partial charge in [0, 0.05) is 23.9 Å². The van der Waals surface area contributed by atoms with Gasteiger partial charge in [-0.3, -0.25) is 4.79 Å². The summed E-state index contributed by atoms with van der Waals surface area (Å²) in [4.78, 5) is 12.4. The standard InChI is InChI=1S/C22H25NO4/c1-14-5-6-18(9-15(14)2)27-13-17(24)11-20-19-12-22(26-4)21(25-3)10-16(19)7-8-23-20/h5-6,9-12,23H,7-8,13H2,1-4H3. The van der Waals surface area contributed by atoms with Gasteiger partial charge in [0.2, 0.25) is 0 Å². The smallest absolute Gasteiger partial charge is 0.195 e. The Hall–Kier alpha value is -2.95. The van der Waals surface area contributed by atoms with E-state index in [-0.39, 0.29) is 12.4 Å². The lowest BCUT2D eigenvalue weighted by molar-refractivity contribution is -0.116. The molecule has 5 heteroatoms. The minimum atomic E-state index is -0.0987. The van der Waals surface area contributed by atoms with Gasteiger partial charge in [-0.1, -0.05) is 6.07 Å². The van der Waals surface area contributed by atoms with Gasteiger partial charge in [-0.2, -0.15) is 0 Å². The Morgan fingerprint density at radius 2 is 1.81 bits per heavy atom. The third kappa shape index (κ3) is 4.25. The first kappa shape index (κ1) is 18.8. The minimum absolute atomic E-state index is 0.00367. The van der Waals surface area contributed by atoms with Crippen LogP contribution in [0.25, 0.3) is 5.70 Å². The second-order valence-corrected chi connectivity index (χ2v) is 6.60. The van der Waals surface area contributed by atoms with Gasteiger partial charge in [0.25, 0.3) is 0 Å². The number of carbonyl (C=O) groups is 1. The first-order valence-corrected chi connectivity index (χ1v) is 8.95. The number of ketones is 1. The number of hydrogen-bond acceptors (Lipinski definition) is 5. The molecule has 1 N–H and O–H groups in total. The Morgan fingerprint density at radius 3 is 2.52 bits per heavy atom. The second kappa shape index (κ2) is 8.16. The molecule has 0 atom stereocenters. The zero-order valence-electron chi connectivity index (χ0n) is 16.2. The van der Waals surface area contributed by atoms with Gasteiger partial charge in [-0.25, -0.2) is 0 Å². The molecule has 0 spiro atoms. The Kier molecular flexibility index (Phi) is 5.69. The summed E-state index contributed by atoms with van der Waals surface area (Å²) in [7, 11) is 3.22. The van der Waals surface area contributed by atoms with E-state index in [1.54, 1.807) is 20.3 Å². The molecular formula is C22H25NO4. The summed E-state index contributed by atoms with van der Waals surface area (Å²) in [5, 5.41) is 3.30. The van der Waals surface area contributed by atoms with Crippen LogP contribution in [0.5, 0.6) is 17.2 Å². The van der Waals surface area contributed by atoms with E-state index in [2.05, 4.69) is 5.32 Å². The van der Waals surface area contributed by atoms with E-state index in [0.717, 1.165) is 35.4 Å². The van der Waals surface area contributed by atoms with E-state index in [1.807, 2.05) is 44.2 Å². The molecule has 0 saturated heterocycles. The minimum Gasteiger partial charge on any atom is -0.493 e. The SMILES string of the molecule is COc1cc2c(cc1OC)C(=CC(=O)COc1ccc(C)c(C)c1)NCC2. The Labute approximate surface area is 159 Å². The van der Waals surface area contributed by atoms with Gasteiger partial charge in [0.05, 0.1) is 14.2 Å². The third-order valence-corrected chi connectivity index (χ3v) is 4.77. The van der Waals surface area contributed by atoms with Crippen molar-refractivity contribution in [2.24, 2.45) is 0 Å². The van der Waals surface area contributed by atoms with Crippen molar-refractivity contribution in [1.29, 1.82) is 0 Å². The van der Waals surface area contributed by atoms with Gasteiger partial charge in [-0.15, -0.1) is 0 Å². The van der Waals surface area contributed by atoms with Crippen LogP contribution in [0.2, 0.25) is 0 Å². The van der Waals surface area contributed by atoms with Crippen LogP contribution >= 0.6 is 0 Å². The zero-order valence-corrected chi connectivity index (χ0v) is 16.2. The highest BCUT2D eigenvalue weighted by Crippen LogP contribution is 2.34. The molecule has 0 aliphatic carbocycles. The van der Waals surface area contributed by atoms with Crippen molar-refractivity contribution in [3.05, 3.63) is 58.7 Å². The summed E-state index contributed by atoms with van der Waals surface area (Å²) < 4.78 is 16.4. The van der Waals surface area contributed by atoms with Crippen LogP contribution in [0.4, 0.5) is 0 Å². The number of carbonyl (C=O) groups excluding carboxylic acids is 1. The van der Waals surface area contributed by atoms with Gasteiger partial charge < -0.3 is 19.5 Å². The van der Waals surface area contributed by atoms with Gasteiger partial charge in [0.15, 0.2) is 23.9 Å². The Bertz CT molecular complexity index is 886. The molecule has 0 saturated carbocycles. The van der Waals surface area contributed by atoms with E-state index in [4.69, 9.17) is 14.2 Å². The van der Waals surface area contributed by atoms with Crippen LogP contribution in [-0.4, -0.2) is 33.2 Å². The molecule has 3 rings (SSSR count). The maximum atomic E-state index is 12.4. The normalized spacial score (nSPS) is 14.3. The fourth-order valence-electron chi connectivity index (χ4n) is 3.10. The van der Waals surface area contributed by atoms with Crippen LogP contribution in [0.1, 0.15) is 22.3 Å². The van der Waals surface area contributed by atoms with Crippen LogP contribution in [0.15, 0.2) is 36.4 Å². The highest BCUT2D eigenvalue weighted by atomic mass is 16.5. The number of rotatable bonds is 6. The van der Waals surface area contributed by atoms with Crippen molar-refractivity contribution in [3.8, 4) is 17.2 Å². The summed E-state index contributed by atoms with van der Waals surface area (Å²) >= 11 is 0. The van der Waals surface area contributed by atoms with Crippen molar-refractivity contribution in [3.63, 3.8) is 0 Å². The monoisotopic (exact) mass is 367 g/mol. The molecule has 0 unspecified atom stereocenters. The molecular weight excluding hydrogens is 342 g/mol. The van der Waals surface area contributed by atoms with Crippen LogP contribution < -0.4 is 19.5 Å². The molecule has 1 aliphatic rings. The molecule has 0 fully saturated rings. The molecule has 27 heavy (non-hydrogen) atoms. The first-order chi connectivity index (χ1) is 13.0. The van der Waals surface area contributed by atoms with E-state index in [0.29, 0.717) is 17.2 Å². The molecule has 0 aromatic heterocycles. The van der Waals surface area contributed by atoms with Crippen LogP contribution in [0.3, 0.4) is 0 Å². The highest BCUT2D eigenvalue weighted by Gasteiger charge is 2.19. The molecule has 0 bridgehead atoms. The van der Waals surface area contributed by atoms with Crippen LogP contribution in [-0.2, 0) is 11.2 Å². The number of nitrogens with one attached hydrogen (secondary N) is 1. The number of hydrogen-bond donors (Lipinski definition) is 1. The quantitative estimate of drug-likeness (QED) is 0.793. The fourth-order valence-corrected chi connectivity index (χ4v) is 3.10. The average molecular weight is 367 g/mol. The number of benzene rings is 2. The predicted molar refractivity (Wildman–Crippen MR) is 106 cm³/mol. The largest absolute Gasteiger partial charge is 0.493 e. The van der Waals surface area contributed by atoms with Crippen molar-refractivity contribution in [2.75, 3.05) is 27.4 Å². The lowest BCUT2D eigenvalue weighted by atomic mass is 9.96. The summed E-state index contributed by atoms with van der Waals surface area (Å²) in [5.41, 5.74) is 5.20. The highest BCUT2D eigenvalue weighted by molar-refractivity contribution is 5.98.